The molecule has 0 spiro atoms. The van der Waals surface area contributed by atoms with Crippen LogP contribution in [0.1, 0.15) is 12.5 Å². The fourth-order valence-electron chi connectivity index (χ4n) is 1.74. The van der Waals surface area contributed by atoms with Crippen LogP contribution in [0.25, 0.3) is 10.8 Å². The van der Waals surface area contributed by atoms with Gasteiger partial charge in [-0.3, -0.25) is 0 Å². The van der Waals surface area contributed by atoms with E-state index >= 15 is 0 Å². The summed E-state index contributed by atoms with van der Waals surface area (Å²) in [5.41, 5.74) is 0.607. The fourth-order valence-corrected chi connectivity index (χ4v) is 1.74. The molecule has 0 fully saturated rings. The third-order valence-electron chi connectivity index (χ3n) is 2.41. The van der Waals surface area contributed by atoms with Crippen molar-refractivity contribution >= 4 is 10.8 Å². The summed E-state index contributed by atoms with van der Waals surface area (Å²) in [5.74, 6) is 0.165. The molecule has 0 bridgehead atoms. The van der Waals surface area contributed by atoms with Gasteiger partial charge in [-0.1, -0.05) is 25.1 Å². The normalized spacial score (nSPS) is 11.4. The molecule has 0 heterocycles. The van der Waals surface area contributed by atoms with E-state index in [9.17, 15) is 4.39 Å². The SMILES string of the molecule is [2H]Oc1cccc2ccc(F)c(CC)c12. The van der Waals surface area contributed by atoms with Crippen LogP contribution in [-0.2, 0) is 6.42 Å². The second kappa shape index (κ2) is 3.29. The van der Waals surface area contributed by atoms with E-state index in [4.69, 9.17) is 1.43 Å². The first kappa shape index (κ1) is 7.80. The number of hydrogen-bond acceptors (Lipinski definition) is 1. The van der Waals surface area contributed by atoms with Gasteiger partial charge in [-0.25, -0.2) is 4.39 Å². The van der Waals surface area contributed by atoms with Crippen LogP contribution in [0.3, 0.4) is 0 Å². The number of aryl methyl sites for hydroxylation is 1. The van der Waals surface area contributed by atoms with Gasteiger partial charge in [0.1, 0.15) is 11.6 Å². The highest BCUT2D eigenvalue weighted by atomic mass is 19.1. The molecule has 14 heavy (non-hydrogen) atoms. The maximum atomic E-state index is 13.5. The van der Waals surface area contributed by atoms with Crippen LogP contribution in [0.5, 0.6) is 5.75 Å². The summed E-state index contributed by atoms with van der Waals surface area (Å²) in [4.78, 5) is 0. The van der Waals surface area contributed by atoms with E-state index in [1.54, 1.807) is 18.2 Å². The standard InChI is InChI=1S/C12H11FO/c1-2-9-10(13)7-6-8-4-3-5-11(14)12(8)9/h3-7,14H,2H2,1H3/i/hD. The van der Waals surface area contributed by atoms with Crippen LogP contribution in [0.2, 0.25) is 0 Å². The molecule has 2 aromatic carbocycles. The van der Waals surface area contributed by atoms with Crippen LogP contribution in [-0.4, -0.2) is 6.54 Å². The number of fused-ring (bicyclic) bond motifs is 1. The van der Waals surface area contributed by atoms with Gasteiger partial charge in [0.15, 0.2) is 0 Å². The van der Waals surface area contributed by atoms with Gasteiger partial charge in [-0.05, 0) is 29.5 Å². The Morgan fingerprint density at radius 2 is 2.21 bits per heavy atom. The van der Waals surface area contributed by atoms with Crippen molar-refractivity contribution in [2.75, 3.05) is 0 Å². The summed E-state index contributed by atoms with van der Waals surface area (Å²) in [6.07, 6.45) is 0.587. The number of aromatic hydroxyl groups is 1. The fraction of sp³-hybridized carbons (Fsp3) is 0.167. The summed E-state index contributed by atoms with van der Waals surface area (Å²) in [6.45, 7) is 1.89. The quantitative estimate of drug-likeness (QED) is 0.772. The van der Waals surface area contributed by atoms with Gasteiger partial charge in [0.25, 0.3) is 1.43 Å². The molecule has 0 amide bonds. The number of halogens is 1. The van der Waals surface area contributed by atoms with Crippen molar-refractivity contribution in [3.8, 4) is 5.75 Å². The van der Waals surface area contributed by atoms with Gasteiger partial charge in [0.05, 0.1) is 0 Å². The van der Waals surface area contributed by atoms with Gasteiger partial charge in [-0.15, -0.1) is 0 Å². The van der Waals surface area contributed by atoms with Crippen LogP contribution in [0.4, 0.5) is 4.39 Å². The van der Waals surface area contributed by atoms with Crippen molar-refractivity contribution < 1.29 is 9.50 Å². The first-order valence-electron chi connectivity index (χ1n) is 5.02. The lowest BCUT2D eigenvalue weighted by atomic mass is 10.0. The molecule has 0 saturated heterocycles. The molecule has 2 aromatic rings. The van der Waals surface area contributed by atoms with E-state index in [0.717, 1.165) is 5.39 Å². The predicted molar refractivity (Wildman–Crippen MR) is 54.9 cm³/mol. The van der Waals surface area contributed by atoms with E-state index in [-0.39, 0.29) is 5.82 Å². The molecule has 0 saturated carbocycles. The van der Waals surface area contributed by atoms with Gasteiger partial charge >= 0.3 is 0 Å². The van der Waals surface area contributed by atoms with Crippen molar-refractivity contribution in [1.29, 1.82) is 1.43 Å². The number of phenols is 1. The largest absolute Gasteiger partial charge is 0.507 e. The lowest BCUT2D eigenvalue weighted by molar-refractivity contribution is 0.480. The second-order valence-electron chi connectivity index (χ2n) is 3.23. The molecule has 0 atom stereocenters. The van der Waals surface area contributed by atoms with Crippen molar-refractivity contribution in [3.05, 3.63) is 41.7 Å². The van der Waals surface area contributed by atoms with E-state index in [1.165, 1.54) is 6.07 Å². The second-order valence-corrected chi connectivity index (χ2v) is 3.23. The molecule has 1 N–H and O–H groups in total. The van der Waals surface area contributed by atoms with Crippen LogP contribution in [0, 0.1) is 5.82 Å². The zero-order chi connectivity index (χ0) is 10.8. The van der Waals surface area contributed by atoms with Gasteiger partial charge in [0.2, 0.25) is 0 Å². The number of rotatable bonds is 2. The third kappa shape index (κ3) is 1.23. The maximum Gasteiger partial charge on any atom is 0.293 e. The number of hydrogen-bond donors (Lipinski definition) is 1. The summed E-state index contributed by atoms with van der Waals surface area (Å²) in [7, 11) is 0. The minimum atomic E-state index is -0.241. The Bertz CT molecular complexity index is 496. The van der Waals surface area contributed by atoms with E-state index in [1.807, 2.05) is 13.0 Å². The molecule has 0 aliphatic rings. The Balaban J connectivity index is 2.87. The zero-order valence-electron chi connectivity index (χ0n) is 8.88. The van der Waals surface area contributed by atoms with Gasteiger partial charge < -0.3 is 5.11 Å². The first-order valence-corrected chi connectivity index (χ1v) is 4.61. The molecular formula is C12H11FO. The minimum absolute atomic E-state index is 0.241. The van der Waals surface area contributed by atoms with Crippen molar-refractivity contribution in [2.24, 2.45) is 0 Å². The minimum Gasteiger partial charge on any atom is -0.507 e. The van der Waals surface area contributed by atoms with Crippen molar-refractivity contribution in [1.82, 2.24) is 0 Å². The molecule has 1 nitrogen and oxygen atoms in total. The molecule has 0 aromatic heterocycles. The molecule has 0 aliphatic carbocycles. The Morgan fingerprint density at radius 3 is 2.93 bits per heavy atom. The smallest absolute Gasteiger partial charge is 0.293 e. The molecule has 0 aliphatic heterocycles. The van der Waals surface area contributed by atoms with Crippen LogP contribution >= 0.6 is 0 Å². The monoisotopic (exact) mass is 191 g/mol. The van der Waals surface area contributed by atoms with Crippen LogP contribution in [0.15, 0.2) is 30.3 Å². The van der Waals surface area contributed by atoms with Gasteiger partial charge in [0, 0.05) is 5.39 Å². The Kier molecular flexibility index (Phi) is 1.83. The van der Waals surface area contributed by atoms with Crippen LogP contribution < -0.4 is 0 Å². The highest BCUT2D eigenvalue weighted by Gasteiger charge is 2.08. The summed E-state index contributed by atoms with van der Waals surface area (Å²) >= 11 is 0. The molecule has 2 heteroatoms. The van der Waals surface area contributed by atoms with Gasteiger partial charge in [-0.2, -0.15) is 0 Å². The number of phenolic OH excluding ortho intramolecular Hbond substituents is 1. The zero-order valence-corrected chi connectivity index (χ0v) is 7.88. The maximum absolute atomic E-state index is 13.5. The molecule has 2 rings (SSSR count). The van der Waals surface area contributed by atoms with E-state index in [2.05, 4.69) is 5.11 Å². The first-order chi connectivity index (χ1) is 7.27. The van der Waals surface area contributed by atoms with Crippen molar-refractivity contribution in [3.63, 3.8) is 0 Å². The lowest BCUT2D eigenvalue weighted by Gasteiger charge is -2.07. The third-order valence-corrected chi connectivity index (χ3v) is 2.41. The highest BCUT2D eigenvalue weighted by molar-refractivity contribution is 5.91. The highest BCUT2D eigenvalue weighted by Crippen LogP contribution is 2.29. The Labute approximate surface area is 83.3 Å². The Hall–Kier alpha value is -1.57. The number of benzene rings is 2. The molecule has 0 unspecified atom stereocenters. The van der Waals surface area contributed by atoms with E-state index in [0.29, 0.717) is 23.1 Å². The lowest BCUT2D eigenvalue weighted by Crippen LogP contribution is -1.89. The molecule has 72 valence electrons. The summed E-state index contributed by atoms with van der Waals surface area (Å²) < 4.78 is 20.5. The topological polar surface area (TPSA) is 20.2 Å². The average Bonchev–Trinajstić information content (AvgIpc) is 2.28. The van der Waals surface area contributed by atoms with Crippen molar-refractivity contribution in [2.45, 2.75) is 13.3 Å². The molecular weight excluding hydrogens is 179 g/mol. The summed E-state index contributed by atoms with van der Waals surface area (Å²) in [5, 5.41) is 6.11. The summed E-state index contributed by atoms with van der Waals surface area (Å²) in [6, 6.07) is 8.51. The average molecular weight is 191 g/mol. The van der Waals surface area contributed by atoms with E-state index < -0.39 is 0 Å². The Morgan fingerprint density at radius 1 is 1.36 bits per heavy atom. The predicted octanol–water partition coefficient (Wildman–Crippen LogP) is 3.25. The molecule has 0 radical (unpaired) electrons.